The van der Waals surface area contributed by atoms with Crippen molar-refractivity contribution in [2.24, 2.45) is 0 Å². The first-order valence-corrected chi connectivity index (χ1v) is 18.9. The first-order valence-electron chi connectivity index (χ1n) is 18.9. The number of rotatable bonds is 7. The summed E-state index contributed by atoms with van der Waals surface area (Å²) in [6.07, 6.45) is 6.31. The van der Waals surface area contributed by atoms with Crippen molar-refractivity contribution in [3.8, 4) is 56.2 Å². The van der Waals surface area contributed by atoms with Crippen LogP contribution in [0.1, 0.15) is 11.1 Å². The van der Waals surface area contributed by atoms with E-state index < -0.39 is 0 Å². The van der Waals surface area contributed by atoms with Gasteiger partial charge in [0.1, 0.15) is 0 Å². The number of fused-ring (bicyclic) bond motifs is 4. The van der Waals surface area contributed by atoms with E-state index in [1.54, 1.807) is 0 Å². The molecule has 3 heteroatoms. The molecule has 0 radical (unpaired) electrons. The zero-order valence-corrected chi connectivity index (χ0v) is 30.5. The third-order valence-electron chi connectivity index (χ3n) is 10.5. The van der Waals surface area contributed by atoms with Gasteiger partial charge in [-0.15, -0.1) is 0 Å². The summed E-state index contributed by atoms with van der Waals surface area (Å²) in [5, 5.41) is 5.91. The predicted molar refractivity (Wildman–Crippen MR) is 235 cm³/mol. The van der Waals surface area contributed by atoms with Gasteiger partial charge in [0.15, 0.2) is 5.82 Å². The topological polar surface area (TPSA) is 38.7 Å². The molecule has 0 amide bonds. The van der Waals surface area contributed by atoms with E-state index in [-0.39, 0.29) is 0 Å². The summed E-state index contributed by atoms with van der Waals surface area (Å²) >= 11 is 0. The highest BCUT2D eigenvalue weighted by Gasteiger charge is 2.15. The van der Waals surface area contributed by atoms with E-state index >= 15 is 0 Å². The Bertz CT molecular complexity index is 3060. The van der Waals surface area contributed by atoms with Crippen LogP contribution in [-0.4, -0.2) is 15.0 Å². The van der Waals surface area contributed by atoms with Gasteiger partial charge in [-0.2, -0.15) is 0 Å². The van der Waals surface area contributed by atoms with E-state index in [0.717, 1.165) is 61.1 Å². The Labute approximate surface area is 326 Å². The summed E-state index contributed by atoms with van der Waals surface area (Å²) in [5.41, 5.74) is 12.7. The van der Waals surface area contributed by atoms with Gasteiger partial charge in [0.25, 0.3) is 0 Å². The lowest BCUT2D eigenvalue weighted by molar-refractivity contribution is 1.19. The van der Waals surface area contributed by atoms with Gasteiger partial charge in [-0.3, -0.25) is 4.98 Å². The van der Waals surface area contributed by atoms with E-state index in [0.29, 0.717) is 5.82 Å². The molecule has 0 aliphatic rings. The molecule has 8 aromatic carbocycles. The van der Waals surface area contributed by atoms with Crippen LogP contribution in [0, 0.1) is 0 Å². The molecule has 0 saturated heterocycles. The van der Waals surface area contributed by atoms with Crippen molar-refractivity contribution < 1.29 is 0 Å². The second-order valence-electron chi connectivity index (χ2n) is 14.1. The van der Waals surface area contributed by atoms with E-state index in [1.165, 1.54) is 32.8 Å². The number of para-hydroxylation sites is 1. The highest BCUT2D eigenvalue weighted by molar-refractivity contribution is 6.13. The van der Waals surface area contributed by atoms with Gasteiger partial charge >= 0.3 is 0 Å². The van der Waals surface area contributed by atoms with Crippen molar-refractivity contribution >= 4 is 44.6 Å². The van der Waals surface area contributed by atoms with Crippen LogP contribution < -0.4 is 0 Å². The molecule has 262 valence electrons. The Morgan fingerprint density at radius 3 is 1.84 bits per heavy atom. The summed E-state index contributed by atoms with van der Waals surface area (Å²) in [6, 6.07) is 68.2. The maximum absolute atomic E-state index is 5.28. The Morgan fingerprint density at radius 1 is 0.357 bits per heavy atom. The van der Waals surface area contributed by atoms with Gasteiger partial charge < -0.3 is 0 Å². The van der Waals surface area contributed by atoms with Crippen LogP contribution in [0.3, 0.4) is 0 Å². The van der Waals surface area contributed by atoms with E-state index in [4.69, 9.17) is 15.0 Å². The molecule has 10 aromatic rings. The fourth-order valence-electron chi connectivity index (χ4n) is 7.64. The number of aromatic nitrogens is 3. The summed E-state index contributed by atoms with van der Waals surface area (Å²) in [6.45, 7) is 0. The molecule has 2 aromatic heterocycles. The van der Waals surface area contributed by atoms with Crippen LogP contribution in [0.4, 0.5) is 0 Å². The average Bonchev–Trinajstić information content (AvgIpc) is 3.28. The molecule has 0 saturated carbocycles. The van der Waals surface area contributed by atoms with Crippen molar-refractivity contribution in [2.45, 2.75) is 0 Å². The van der Waals surface area contributed by atoms with Gasteiger partial charge in [-0.25, -0.2) is 9.97 Å². The maximum atomic E-state index is 5.28. The zero-order chi connectivity index (χ0) is 37.3. The lowest BCUT2D eigenvalue weighted by atomic mass is 9.95. The number of hydrogen-bond acceptors (Lipinski definition) is 3. The van der Waals surface area contributed by atoms with Crippen LogP contribution in [0.5, 0.6) is 0 Å². The maximum Gasteiger partial charge on any atom is 0.160 e. The molecule has 0 bridgehead atoms. The minimum absolute atomic E-state index is 0.680. The Kier molecular flexibility index (Phi) is 8.51. The zero-order valence-electron chi connectivity index (χ0n) is 30.5. The molecule has 0 N–H and O–H groups in total. The largest absolute Gasteiger partial charge is 0.256 e. The molecule has 0 atom stereocenters. The quantitative estimate of drug-likeness (QED) is 0.122. The van der Waals surface area contributed by atoms with Crippen molar-refractivity contribution in [1.29, 1.82) is 0 Å². The average molecular weight is 714 g/mol. The van der Waals surface area contributed by atoms with Crippen LogP contribution in [0.25, 0.3) is 101 Å². The molecular weight excluding hydrogens is 679 g/mol. The number of nitrogens with zero attached hydrogens (tertiary/aromatic N) is 3. The van der Waals surface area contributed by atoms with E-state index in [1.807, 2.05) is 24.4 Å². The monoisotopic (exact) mass is 713 g/mol. The SMILES string of the molecule is C(=Cc1ccccc1-c1ccccc1)c1ccc(-c2cc(-c3cc4ccccc4c4ccccc34)nc(-c3ccc(-c4cnc5ccccc5c4)cc3)n2)cc1. The molecule has 0 unspecified atom stereocenters. The molecule has 0 aliphatic carbocycles. The molecule has 3 nitrogen and oxygen atoms in total. The highest BCUT2D eigenvalue weighted by Crippen LogP contribution is 2.37. The first-order chi connectivity index (χ1) is 27.7. The Balaban J connectivity index is 1.05. The fraction of sp³-hybridized carbons (Fsp3) is 0. The third kappa shape index (κ3) is 6.42. The summed E-state index contributed by atoms with van der Waals surface area (Å²) < 4.78 is 0. The minimum Gasteiger partial charge on any atom is -0.256 e. The molecule has 0 aliphatic heterocycles. The van der Waals surface area contributed by atoms with Crippen molar-refractivity contribution in [3.63, 3.8) is 0 Å². The van der Waals surface area contributed by atoms with Crippen molar-refractivity contribution in [2.75, 3.05) is 0 Å². The Morgan fingerprint density at radius 2 is 1.00 bits per heavy atom. The van der Waals surface area contributed by atoms with Crippen LogP contribution in [0.2, 0.25) is 0 Å². The normalized spacial score (nSPS) is 11.5. The molecule has 0 fully saturated rings. The molecule has 0 spiro atoms. The molecule has 2 heterocycles. The lowest BCUT2D eigenvalue weighted by Gasteiger charge is -2.13. The second kappa shape index (κ2) is 14.4. The van der Waals surface area contributed by atoms with Crippen molar-refractivity contribution in [3.05, 3.63) is 211 Å². The van der Waals surface area contributed by atoms with Gasteiger partial charge in [0, 0.05) is 33.8 Å². The Hall–Kier alpha value is -7.49. The second-order valence-corrected chi connectivity index (χ2v) is 14.1. The summed E-state index contributed by atoms with van der Waals surface area (Å²) in [7, 11) is 0. The van der Waals surface area contributed by atoms with Gasteiger partial charge in [0.05, 0.1) is 16.9 Å². The molecule has 10 rings (SSSR count). The summed E-state index contributed by atoms with van der Waals surface area (Å²) in [4.78, 5) is 15.2. The number of pyridine rings is 1. The van der Waals surface area contributed by atoms with Gasteiger partial charge in [-0.05, 0) is 73.6 Å². The predicted octanol–water partition coefficient (Wildman–Crippen LogP) is 13.8. The smallest absolute Gasteiger partial charge is 0.160 e. The minimum atomic E-state index is 0.680. The number of benzene rings is 8. The first kappa shape index (κ1) is 33.1. The van der Waals surface area contributed by atoms with Gasteiger partial charge in [-0.1, -0.05) is 182 Å². The third-order valence-corrected chi connectivity index (χ3v) is 10.5. The highest BCUT2D eigenvalue weighted by atomic mass is 14.9. The van der Waals surface area contributed by atoms with Crippen LogP contribution >= 0.6 is 0 Å². The number of hydrogen-bond donors (Lipinski definition) is 0. The molecular formula is C53H35N3. The van der Waals surface area contributed by atoms with Crippen molar-refractivity contribution in [1.82, 2.24) is 15.0 Å². The van der Waals surface area contributed by atoms with Crippen LogP contribution in [-0.2, 0) is 0 Å². The fourth-order valence-corrected chi connectivity index (χ4v) is 7.64. The van der Waals surface area contributed by atoms with E-state index in [9.17, 15) is 0 Å². The molecule has 56 heavy (non-hydrogen) atoms. The standard InChI is InChI=1S/C53H35N3/c1-2-12-38(13-3-1)45-17-7-4-14-39(45)25-22-36-23-26-40(27-24-36)51-34-52(49-33-42-15-5-8-18-46(42)47-19-9-10-20-48(47)49)56-53(55-51)41-30-28-37(29-31-41)44-32-43-16-6-11-21-50(43)54-35-44/h1-35H. The lowest BCUT2D eigenvalue weighted by Crippen LogP contribution is -1.97. The van der Waals surface area contributed by atoms with E-state index in [2.05, 4.69) is 188 Å². The summed E-state index contributed by atoms with van der Waals surface area (Å²) in [5.74, 6) is 0.680. The van der Waals surface area contributed by atoms with Gasteiger partial charge in [0.2, 0.25) is 0 Å². The van der Waals surface area contributed by atoms with Crippen LogP contribution in [0.15, 0.2) is 200 Å².